The molecule has 2 amide bonds. The van der Waals surface area contributed by atoms with E-state index in [0.717, 1.165) is 5.01 Å². The Bertz CT molecular complexity index is 1450. The van der Waals surface area contributed by atoms with Crippen LogP contribution in [0.5, 0.6) is 0 Å². The summed E-state index contributed by atoms with van der Waals surface area (Å²) in [7, 11) is 0. The molecule has 0 saturated carbocycles. The molecule has 0 bridgehead atoms. The van der Waals surface area contributed by atoms with Gasteiger partial charge in [0.15, 0.2) is 0 Å². The quantitative estimate of drug-likeness (QED) is 0.164. The van der Waals surface area contributed by atoms with E-state index in [1.165, 1.54) is 43.5 Å². The molecule has 3 rings (SSSR count). The summed E-state index contributed by atoms with van der Waals surface area (Å²) in [5.74, 6) is -2.42. The predicted octanol–water partition coefficient (Wildman–Crippen LogP) is 3.91. The average molecular weight is 622 g/mol. The summed E-state index contributed by atoms with van der Waals surface area (Å²) in [4.78, 5) is 41.5. The summed E-state index contributed by atoms with van der Waals surface area (Å²) >= 11 is 6.04. The van der Waals surface area contributed by atoms with Crippen LogP contribution in [-0.4, -0.2) is 64.5 Å². The smallest absolute Gasteiger partial charge is 0.412 e. The maximum absolute atomic E-state index is 13.9. The predicted molar refractivity (Wildman–Crippen MR) is 156 cm³/mol. The summed E-state index contributed by atoms with van der Waals surface area (Å²) in [6, 6.07) is 7.91. The van der Waals surface area contributed by atoms with Crippen LogP contribution < -0.4 is 16.5 Å². The molecule has 3 aromatic rings. The van der Waals surface area contributed by atoms with Gasteiger partial charge < -0.3 is 20.3 Å². The monoisotopic (exact) mass is 621 g/mol. The number of carbonyl (C=O) groups excluding carboxylic acids is 3. The second kappa shape index (κ2) is 15.5. The molecular weight excluding hydrogens is 588 g/mol. The number of nitrogens with one attached hydrogen (secondary N) is 2. The summed E-state index contributed by atoms with van der Waals surface area (Å²) in [6.07, 6.45) is -0.962. The molecule has 0 spiro atoms. The number of carbonyl (C=O) groups is 3. The number of hydrazine groups is 1. The minimum atomic E-state index is -1.28. The number of halogens is 3. The van der Waals surface area contributed by atoms with Crippen LogP contribution in [0, 0.1) is 17.6 Å². The molecule has 0 aliphatic carbocycles. The number of aliphatic hydroxyl groups excluding tert-OH is 1. The number of benzene rings is 2. The van der Waals surface area contributed by atoms with Crippen LogP contribution in [0.1, 0.15) is 32.8 Å². The maximum Gasteiger partial charge on any atom is 0.412 e. The van der Waals surface area contributed by atoms with Crippen molar-refractivity contribution in [3.8, 4) is 0 Å². The number of fused-ring (bicyclic) bond motifs is 1. The van der Waals surface area contributed by atoms with E-state index in [1.807, 2.05) is 0 Å². The standard InChI is InChI=1S/C29H34ClF2N5O6/c1-16(2)27(33)28(40)42-15-23(39)11-22(37(17(3)38)35-13-19-5-4-6-24(32)26(19)30)14-43-29(41)36-25-10-20-9-21(31)8-7-18(20)12-34-25/h4-10,12,16,22-23,27,35,39H,11,13-15,33H2,1-3H3,(H,34,36,41)/t22-,23?,27+/m0/s1. The van der Waals surface area contributed by atoms with Crippen LogP contribution in [0.25, 0.3) is 10.8 Å². The van der Waals surface area contributed by atoms with Crippen molar-refractivity contribution in [1.29, 1.82) is 0 Å². The van der Waals surface area contributed by atoms with Crippen molar-refractivity contribution in [2.45, 2.75) is 51.9 Å². The molecule has 0 aliphatic heterocycles. The van der Waals surface area contributed by atoms with Crippen LogP contribution in [0.3, 0.4) is 0 Å². The Hall–Kier alpha value is -3.91. The number of aromatic nitrogens is 1. The van der Waals surface area contributed by atoms with Crippen molar-refractivity contribution in [3.63, 3.8) is 0 Å². The number of esters is 1. The third kappa shape index (κ3) is 9.82. The van der Waals surface area contributed by atoms with Gasteiger partial charge in [0.25, 0.3) is 0 Å². The van der Waals surface area contributed by atoms with Crippen molar-refractivity contribution in [2.24, 2.45) is 11.7 Å². The first-order valence-electron chi connectivity index (χ1n) is 13.4. The first kappa shape index (κ1) is 33.6. The fourth-order valence-electron chi connectivity index (χ4n) is 4.02. The molecule has 2 aromatic carbocycles. The highest BCUT2D eigenvalue weighted by atomic mass is 35.5. The summed E-state index contributed by atoms with van der Waals surface area (Å²) in [6.45, 7) is 3.79. The van der Waals surface area contributed by atoms with E-state index < -0.39 is 61.0 Å². The maximum atomic E-state index is 13.9. The molecule has 11 nitrogen and oxygen atoms in total. The molecule has 232 valence electrons. The molecular formula is C29H34ClF2N5O6. The van der Waals surface area contributed by atoms with E-state index >= 15 is 0 Å². The van der Waals surface area contributed by atoms with Gasteiger partial charge >= 0.3 is 12.1 Å². The molecule has 3 atom stereocenters. The topological polar surface area (TPSA) is 156 Å². The molecule has 1 unspecified atom stereocenters. The fraction of sp³-hybridized carbons (Fsp3) is 0.379. The molecule has 43 heavy (non-hydrogen) atoms. The van der Waals surface area contributed by atoms with Crippen LogP contribution in [0.4, 0.5) is 19.4 Å². The second-order valence-electron chi connectivity index (χ2n) is 10.2. The minimum absolute atomic E-state index is 0.0786. The second-order valence-corrected chi connectivity index (χ2v) is 10.5. The van der Waals surface area contributed by atoms with Gasteiger partial charge in [-0.2, -0.15) is 0 Å². The van der Waals surface area contributed by atoms with Crippen molar-refractivity contribution in [2.75, 3.05) is 18.5 Å². The van der Waals surface area contributed by atoms with Gasteiger partial charge in [-0.25, -0.2) is 24.0 Å². The van der Waals surface area contributed by atoms with Gasteiger partial charge in [0.05, 0.1) is 17.2 Å². The number of hydrogen-bond donors (Lipinski definition) is 4. The number of nitrogens with zero attached hydrogens (tertiary/aromatic N) is 2. The zero-order valence-electron chi connectivity index (χ0n) is 23.9. The highest BCUT2D eigenvalue weighted by Gasteiger charge is 2.28. The van der Waals surface area contributed by atoms with E-state index in [2.05, 4.69) is 15.7 Å². The van der Waals surface area contributed by atoms with E-state index in [0.29, 0.717) is 16.3 Å². The van der Waals surface area contributed by atoms with E-state index in [-0.39, 0.29) is 29.7 Å². The first-order valence-corrected chi connectivity index (χ1v) is 13.8. The molecule has 1 heterocycles. The molecule has 0 aliphatic rings. The largest absolute Gasteiger partial charge is 0.462 e. The lowest BCUT2D eigenvalue weighted by molar-refractivity contribution is -0.150. The number of hydrogen-bond acceptors (Lipinski definition) is 9. The van der Waals surface area contributed by atoms with E-state index in [9.17, 15) is 28.3 Å². The lowest BCUT2D eigenvalue weighted by Crippen LogP contribution is -2.52. The lowest BCUT2D eigenvalue weighted by atomic mass is 10.1. The number of nitrogens with two attached hydrogens (primary N) is 1. The third-order valence-corrected chi connectivity index (χ3v) is 6.87. The molecule has 14 heteroatoms. The highest BCUT2D eigenvalue weighted by Crippen LogP contribution is 2.21. The van der Waals surface area contributed by atoms with Gasteiger partial charge in [-0.05, 0) is 47.2 Å². The Morgan fingerprint density at radius 2 is 1.84 bits per heavy atom. The Balaban J connectivity index is 1.72. The minimum Gasteiger partial charge on any atom is -0.462 e. The van der Waals surface area contributed by atoms with Gasteiger partial charge in [-0.3, -0.25) is 19.9 Å². The summed E-state index contributed by atoms with van der Waals surface area (Å²) < 4.78 is 38.0. The van der Waals surface area contributed by atoms with Crippen LogP contribution in [0.15, 0.2) is 48.7 Å². The van der Waals surface area contributed by atoms with Gasteiger partial charge in [0, 0.05) is 31.5 Å². The lowest BCUT2D eigenvalue weighted by Gasteiger charge is -2.32. The fourth-order valence-corrected chi connectivity index (χ4v) is 4.22. The van der Waals surface area contributed by atoms with Gasteiger partial charge in [0.2, 0.25) is 5.91 Å². The van der Waals surface area contributed by atoms with Crippen molar-refractivity contribution in [3.05, 3.63) is 70.9 Å². The molecule has 0 saturated heterocycles. The van der Waals surface area contributed by atoms with Gasteiger partial charge in [-0.1, -0.05) is 37.6 Å². The van der Waals surface area contributed by atoms with Crippen LogP contribution in [0.2, 0.25) is 5.02 Å². The van der Waals surface area contributed by atoms with Crippen molar-refractivity contribution in [1.82, 2.24) is 15.4 Å². The Morgan fingerprint density at radius 3 is 2.53 bits per heavy atom. The van der Waals surface area contributed by atoms with Gasteiger partial charge in [0.1, 0.15) is 36.7 Å². The average Bonchev–Trinajstić information content (AvgIpc) is 2.95. The zero-order valence-corrected chi connectivity index (χ0v) is 24.6. The summed E-state index contributed by atoms with van der Waals surface area (Å²) in [5.41, 5.74) is 8.98. The first-order chi connectivity index (χ1) is 20.3. The van der Waals surface area contributed by atoms with E-state index in [1.54, 1.807) is 26.0 Å². The highest BCUT2D eigenvalue weighted by molar-refractivity contribution is 6.31. The molecule has 1 aromatic heterocycles. The Labute approximate surface area is 252 Å². The third-order valence-electron chi connectivity index (χ3n) is 6.45. The molecule has 0 radical (unpaired) electrons. The molecule has 0 fully saturated rings. The number of aliphatic hydroxyl groups is 1. The van der Waals surface area contributed by atoms with Gasteiger partial charge in [-0.15, -0.1) is 0 Å². The van der Waals surface area contributed by atoms with Crippen molar-refractivity contribution >= 4 is 46.2 Å². The molecule has 5 N–H and O–H groups in total. The Morgan fingerprint density at radius 1 is 1.09 bits per heavy atom. The number of anilines is 1. The zero-order chi connectivity index (χ0) is 31.7. The number of ether oxygens (including phenoxy) is 2. The Kier molecular flexibility index (Phi) is 12.1. The summed E-state index contributed by atoms with van der Waals surface area (Å²) in [5, 5.41) is 15.2. The number of pyridine rings is 1. The van der Waals surface area contributed by atoms with E-state index in [4.69, 9.17) is 26.8 Å². The van der Waals surface area contributed by atoms with Crippen LogP contribution >= 0.6 is 11.6 Å². The number of amides is 2. The normalized spacial score (nSPS) is 13.3. The SMILES string of the molecule is CC(=O)N(NCc1cccc(F)c1Cl)[C@H](COC(=O)Nc1cc2cc(F)ccc2cn1)CC(O)COC(=O)[C@H](N)C(C)C. The number of rotatable bonds is 13. The van der Waals surface area contributed by atoms with Crippen molar-refractivity contribution < 1.29 is 37.7 Å². The van der Waals surface area contributed by atoms with Crippen LogP contribution in [-0.2, 0) is 25.6 Å².